The van der Waals surface area contributed by atoms with Crippen LogP contribution in [0.25, 0.3) is 0 Å². The molecule has 0 aliphatic carbocycles. The van der Waals surface area contributed by atoms with Crippen LogP contribution in [0.15, 0.2) is 29.3 Å². The van der Waals surface area contributed by atoms with Gasteiger partial charge in [-0.2, -0.15) is 0 Å². The zero-order valence-corrected chi connectivity index (χ0v) is 16.9. The van der Waals surface area contributed by atoms with Gasteiger partial charge in [0.05, 0.1) is 0 Å². The number of carbonyl (C=O) groups is 1. The van der Waals surface area contributed by atoms with E-state index in [1.807, 2.05) is 6.92 Å². The third kappa shape index (κ3) is 10.4. The number of halogens is 2. The van der Waals surface area contributed by atoms with Gasteiger partial charge < -0.3 is 16.0 Å². The first-order valence-corrected chi connectivity index (χ1v) is 7.99. The predicted octanol–water partition coefficient (Wildman–Crippen LogP) is 3.64. The lowest BCUT2D eigenvalue weighted by Gasteiger charge is -2.13. The largest absolute Gasteiger partial charge is 0.357 e. The van der Waals surface area contributed by atoms with Crippen LogP contribution in [0.3, 0.4) is 0 Å². The normalized spacial score (nSPS) is 10.9. The van der Waals surface area contributed by atoms with Gasteiger partial charge in [0.15, 0.2) is 5.96 Å². The van der Waals surface area contributed by atoms with E-state index in [0.717, 1.165) is 18.2 Å². The van der Waals surface area contributed by atoms with Crippen molar-refractivity contribution < 1.29 is 4.79 Å². The number of nitrogens with zero attached hydrogens (tertiary/aromatic N) is 1. The Morgan fingerprint density at radius 3 is 2.48 bits per heavy atom. The van der Waals surface area contributed by atoms with E-state index >= 15 is 0 Å². The van der Waals surface area contributed by atoms with Crippen LogP contribution in [0.4, 0.5) is 5.69 Å². The SMILES string of the molecule is CCNC(=NCCCC(=O)Nc1ccc(Cl)cc1)NC(C)C.I. The molecule has 0 aliphatic heterocycles. The number of anilines is 1. The van der Waals surface area contributed by atoms with E-state index in [4.69, 9.17) is 11.6 Å². The molecule has 0 saturated carbocycles. The summed E-state index contributed by atoms with van der Waals surface area (Å²) in [6, 6.07) is 7.40. The highest BCUT2D eigenvalue weighted by Gasteiger charge is 2.03. The first kappa shape index (κ1) is 22.0. The lowest BCUT2D eigenvalue weighted by atomic mass is 10.2. The standard InChI is InChI=1S/C16H25ClN4O.HI/c1-4-18-16(20-12(2)3)19-11-5-6-15(22)21-14-9-7-13(17)8-10-14;/h7-10,12H,4-6,11H2,1-3H3,(H,21,22)(H2,18,19,20);1H. The second-order valence-corrected chi connectivity index (χ2v) is 5.65. The molecule has 23 heavy (non-hydrogen) atoms. The maximum absolute atomic E-state index is 11.8. The van der Waals surface area contributed by atoms with Gasteiger partial charge >= 0.3 is 0 Å². The minimum atomic E-state index is -0.0145. The molecule has 0 spiro atoms. The van der Waals surface area contributed by atoms with Crippen LogP contribution in [-0.4, -0.2) is 31.0 Å². The van der Waals surface area contributed by atoms with Crippen molar-refractivity contribution >= 4 is 53.1 Å². The number of guanidine groups is 1. The Hall–Kier alpha value is -1.02. The summed E-state index contributed by atoms with van der Waals surface area (Å²) in [5.41, 5.74) is 0.757. The monoisotopic (exact) mass is 452 g/mol. The van der Waals surface area contributed by atoms with Crippen molar-refractivity contribution in [3.05, 3.63) is 29.3 Å². The van der Waals surface area contributed by atoms with Gasteiger partial charge in [-0.15, -0.1) is 24.0 Å². The molecule has 1 amide bonds. The molecular weight excluding hydrogens is 427 g/mol. The molecule has 5 nitrogen and oxygen atoms in total. The molecule has 0 unspecified atom stereocenters. The molecule has 1 aromatic carbocycles. The molecule has 0 atom stereocenters. The van der Waals surface area contributed by atoms with Crippen LogP contribution in [0.5, 0.6) is 0 Å². The van der Waals surface area contributed by atoms with Crippen LogP contribution in [-0.2, 0) is 4.79 Å². The Bertz CT molecular complexity index is 491. The molecule has 0 saturated heterocycles. The van der Waals surface area contributed by atoms with Crippen molar-refractivity contribution in [1.82, 2.24) is 10.6 Å². The predicted molar refractivity (Wildman–Crippen MR) is 109 cm³/mol. The second-order valence-electron chi connectivity index (χ2n) is 5.22. The number of hydrogen-bond acceptors (Lipinski definition) is 2. The molecule has 3 N–H and O–H groups in total. The molecule has 1 aromatic rings. The Balaban J connectivity index is 0.00000484. The maximum Gasteiger partial charge on any atom is 0.224 e. The first-order chi connectivity index (χ1) is 10.5. The quantitative estimate of drug-likeness (QED) is 0.256. The van der Waals surface area contributed by atoms with Gasteiger partial charge in [-0.25, -0.2) is 0 Å². The average molecular weight is 453 g/mol. The van der Waals surface area contributed by atoms with E-state index in [9.17, 15) is 4.79 Å². The molecule has 0 heterocycles. The van der Waals surface area contributed by atoms with Crippen molar-refractivity contribution in [2.75, 3.05) is 18.4 Å². The first-order valence-electron chi connectivity index (χ1n) is 7.61. The summed E-state index contributed by atoms with van der Waals surface area (Å²) < 4.78 is 0. The number of nitrogens with one attached hydrogen (secondary N) is 3. The minimum absolute atomic E-state index is 0. The van der Waals surface area contributed by atoms with Crippen molar-refractivity contribution in [3.8, 4) is 0 Å². The molecule has 0 fully saturated rings. The topological polar surface area (TPSA) is 65.5 Å². The lowest BCUT2D eigenvalue weighted by molar-refractivity contribution is -0.116. The van der Waals surface area contributed by atoms with Crippen LogP contribution >= 0.6 is 35.6 Å². The van der Waals surface area contributed by atoms with Gasteiger partial charge in [0.2, 0.25) is 5.91 Å². The number of carbonyl (C=O) groups excluding carboxylic acids is 1. The zero-order chi connectivity index (χ0) is 16.4. The van der Waals surface area contributed by atoms with Crippen LogP contribution < -0.4 is 16.0 Å². The summed E-state index contributed by atoms with van der Waals surface area (Å²) in [6.07, 6.45) is 1.14. The van der Waals surface area contributed by atoms with Crippen LogP contribution in [0.1, 0.15) is 33.6 Å². The van der Waals surface area contributed by atoms with E-state index in [1.165, 1.54) is 0 Å². The number of hydrogen-bond donors (Lipinski definition) is 3. The third-order valence-corrected chi connectivity index (χ3v) is 2.98. The van der Waals surface area contributed by atoms with Gasteiger partial charge in [0.25, 0.3) is 0 Å². The fourth-order valence-electron chi connectivity index (χ4n) is 1.78. The van der Waals surface area contributed by atoms with Gasteiger partial charge in [-0.3, -0.25) is 9.79 Å². The highest BCUT2D eigenvalue weighted by Crippen LogP contribution is 2.13. The summed E-state index contributed by atoms with van der Waals surface area (Å²) in [7, 11) is 0. The van der Waals surface area contributed by atoms with Crippen LogP contribution in [0, 0.1) is 0 Å². The summed E-state index contributed by atoms with van der Waals surface area (Å²) in [4.78, 5) is 16.3. The molecule has 0 bridgehead atoms. The van der Waals surface area contributed by atoms with Gasteiger partial charge in [-0.05, 0) is 51.5 Å². The van der Waals surface area contributed by atoms with E-state index in [1.54, 1.807) is 24.3 Å². The fraction of sp³-hybridized carbons (Fsp3) is 0.500. The van der Waals surface area contributed by atoms with Crippen molar-refractivity contribution in [1.29, 1.82) is 0 Å². The summed E-state index contributed by atoms with van der Waals surface area (Å²) in [5, 5.41) is 9.90. The Labute approximate surface area is 160 Å². The van der Waals surface area contributed by atoms with Gasteiger partial charge in [0.1, 0.15) is 0 Å². The van der Waals surface area contributed by atoms with Crippen molar-refractivity contribution in [2.24, 2.45) is 4.99 Å². The molecule has 0 aliphatic rings. The van der Waals surface area contributed by atoms with E-state index in [-0.39, 0.29) is 29.9 Å². The average Bonchev–Trinajstić information content (AvgIpc) is 2.45. The van der Waals surface area contributed by atoms with E-state index < -0.39 is 0 Å². The van der Waals surface area contributed by atoms with E-state index in [0.29, 0.717) is 30.5 Å². The number of rotatable bonds is 7. The van der Waals surface area contributed by atoms with Gasteiger partial charge in [-0.1, -0.05) is 11.6 Å². The zero-order valence-electron chi connectivity index (χ0n) is 13.9. The number of aliphatic imine (C=N–C) groups is 1. The third-order valence-electron chi connectivity index (χ3n) is 2.73. The number of amides is 1. The minimum Gasteiger partial charge on any atom is -0.357 e. The van der Waals surface area contributed by atoms with Crippen molar-refractivity contribution in [2.45, 2.75) is 39.7 Å². The highest BCUT2D eigenvalue weighted by atomic mass is 127. The maximum atomic E-state index is 11.8. The van der Waals surface area contributed by atoms with Crippen LogP contribution in [0.2, 0.25) is 5.02 Å². The van der Waals surface area contributed by atoms with Crippen molar-refractivity contribution in [3.63, 3.8) is 0 Å². The smallest absolute Gasteiger partial charge is 0.224 e. The second kappa shape index (κ2) is 12.4. The molecule has 0 aromatic heterocycles. The Kier molecular flexibility index (Phi) is 11.9. The van der Waals surface area contributed by atoms with E-state index in [2.05, 4.69) is 34.8 Å². The number of benzene rings is 1. The molecule has 1 rings (SSSR count). The Morgan fingerprint density at radius 1 is 1.26 bits per heavy atom. The molecule has 0 radical (unpaired) electrons. The summed E-state index contributed by atoms with van der Waals surface area (Å²) in [5.74, 6) is 0.773. The molecule has 7 heteroatoms. The summed E-state index contributed by atoms with van der Waals surface area (Å²) in [6.45, 7) is 7.57. The molecular formula is C16H26ClIN4O. The lowest BCUT2D eigenvalue weighted by Crippen LogP contribution is -2.41. The summed E-state index contributed by atoms with van der Waals surface area (Å²) >= 11 is 5.80. The molecule has 130 valence electrons. The highest BCUT2D eigenvalue weighted by molar-refractivity contribution is 14.0. The Morgan fingerprint density at radius 2 is 1.91 bits per heavy atom. The van der Waals surface area contributed by atoms with Gasteiger partial charge in [0, 0.05) is 36.3 Å². The fourth-order valence-corrected chi connectivity index (χ4v) is 1.91.